The molecule has 1 N–H and O–H groups in total. The van der Waals surface area contributed by atoms with Gasteiger partial charge in [0.2, 0.25) is 0 Å². The van der Waals surface area contributed by atoms with E-state index in [1.54, 1.807) is 0 Å². The quantitative estimate of drug-likeness (QED) is 0.838. The lowest BCUT2D eigenvalue weighted by atomic mass is 10.1. The summed E-state index contributed by atoms with van der Waals surface area (Å²) in [6.07, 6.45) is 5.02. The highest BCUT2D eigenvalue weighted by Crippen LogP contribution is 2.21. The van der Waals surface area contributed by atoms with Gasteiger partial charge in [0.1, 0.15) is 5.75 Å². The van der Waals surface area contributed by atoms with Crippen molar-refractivity contribution in [3.8, 4) is 5.75 Å². The Morgan fingerprint density at radius 1 is 1.47 bits per heavy atom. The van der Waals surface area contributed by atoms with Crippen LogP contribution in [0.1, 0.15) is 31.2 Å². The molecule has 17 heavy (non-hydrogen) atoms. The van der Waals surface area contributed by atoms with Crippen LogP contribution in [-0.4, -0.2) is 19.2 Å². The number of hydrogen-bond donors (Lipinski definition) is 1. The number of benzene rings is 1. The van der Waals surface area contributed by atoms with Crippen molar-refractivity contribution in [2.75, 3.05) is 13.2 Å². The van der Waals surface area contributed by atoms with Gasteiger partial charge in [0.15, 0.2) is 0 Å². The topological polar surface area (TPSA) is 21.3 Å². The summed E-state index contributed by atoms with van der Waals surface area (Å²) >= 11 is 3.49. The summed E-state index contributed by atoms with van der Waals surface area (Å²) in [7, 11) is 0. The smallest absolute Gasteiger partial charge is 0.119 e. The molecule has 1 aliphatic heterocycles. The minimum Gasteiger partial charge on any atom is -0.494 e. The van der Waals surface area contributed by atoms with Gasteiger partial charge in [-0.25, -0.2) is 0 Å². The molecule has 0 saturated carbocycles. The van der Waals surface area contributed by atoms with Crippen LogP contribution >= 0.6 is 15.9 Å². The average Bonchev–Trinajstić information content (AvgIpc) is 2.82. The predicted molar refractivity (Wildman–Crippen MR) is 74.6 cm³/mol. The van der Waals surface area contributed by atoms with Crippen molar-refractivity contribution in [2.45, 2.75) is 38.6 Å². The summed E-state index contributed by atoms with van der Waals surface area (Å²) in [6, 6.07) is 6.87. The van der Waals surface area contributed by atoms with Gasteiger partial charge in [0.05, 0.1) is 6.61 Å². The number of halogens is 1. The molecule has 3 heteroatoms. The van der Waals surface area contributed by atoms with E-state index in [4.69, 9.17) is 4.74 Å². The summed E-state index contributed by atoms with van der Waals surface area (Å²) in [6.45, 7) is 4.09. The van der Waals surface area contributed by atoms with Crippen molar-refractivity contribution in [1.82, 2.24) is 5.32 Å². The maximum absolute atomic E-state index is 5.75. The van der Waals surface area contributed by atoms with E-state index in [0.717, 1.165) is 29.3 Å². The molecule has 0 bridgehead atoms. The van der Waals surface area contributed by atoms with Crippen molar-refractivity contribution in [2.24, 2.45) is 0 Å². The fraction of sp³-hybridized carbons (Fsp3) is 0.571. The van der Waals surface area contributed by atoms with Gasteiger partial charge in [-0.15, -0.1) is 0 Å². The van der Waals surface area contributed by atoms with E-state index in [9.17, 15) is 0 Å². The van der Waals surface area contributed by atoms with Crippen LogP contribution in [0.2, 0.25) is 0 Å². The Labute approximate surface area is 112 Å². The van der Waals surface area contributed by atoms with E-state index in [0.29, 0.717) is 0 Å². The fourth-order valence-electron chi connectivity index (χ4n) is 2.23. The van der Waals surface area contributed by atoms with E-state index < -0.39 is 0 Å². The second-order valence-corrected chi connectivity index (χ2v) is 5.55. The maximum Gasteiger partial charge on any atom is 0.119 e. The SMILES string of the molecule is Cc1cc(OCCCC2CCCN2)ccc1Br. The molecular formula is C14H20BrNO. The third-order valence-electron chi connectivity index (χ3n) is 3.26. The summed E-state index contributed by atoms with van der Waals surface area (Å²) in [4.78, 5) is 0. The van der Waals surface area contributed by atoms with Crippen LogP contribution in [-0.2, 0) is 0 Å². The normalized spacial score (nSPS) is 19.5. The van der Waals surface area contributed by atoms with Crippen molar-refractivity contribution >= 4 is 15.9 Å². The first-order chi connectivity index (χ1) is 8.25. The third kappa shape index (κ3) is 4.00. The lowest BCUT2D eigenvalue weighted by Crippen LogP contribution is -2.21. The first-order valence-electron chi connectivity index (χ1n) is 6.38. The molecule has 0 amide bonds. The Hall–Kier alpha value is -0.540. The van der Waals surface area contributed by atoms with Crippen molar-refractivity contribution in [1.29, 1.82) is 0 Å². The molecule has 0 radical (unpaired) electrons. The van der Waals surface area contributed by atoms with Crippen molar-refractivity contribution < 1.29 is 4.74 Å². The van der Waals surface area contributed by atoms with Gasteiger partial charge in [0, 0.05) is 10.5 Å². The van der Waals surface area contributed by atoms with Crippen molar-refractivity contribution in [3.63, 3.8) is 0 Å². The highest BCUT2D eigenvalue weighted by Gasteiger charge is 2.12. The Bertz CT molecular complexity index is 361. The molecule has 94 valence electrons. The van der Waals surface area contributed by atoms with E-state index in [1.807, 2.05) is 12.1 Å². The molecule has 0 aromatic heterocycles. The Balaban J connectivity index is 1.68. The van der Waals surface area contributed by atoms with Gasteiger partial charge in [-0.2, -0.15) is 0 Å². The zero-order valence-corrected chi connectivity index (χ0v) is 11.9. The number of nitrogens with one attached hydrogen (secondary N) is 1. The molecule has 1 heterocycles. The van der Waals surface area contributed by atoms with E-state index in [2.05, 4.69) is 34.2 Å². The average molecular weight is 298 g/mol. The molecule has 1 fully saturated rings. The largest absolute Gasteiger partial charge is 0.494 e. The summed E-state index contributed by atoms with van der Waals surface area (Å²) in [5, 5.41) is 3.51. The molecule has 2 rings (SSSR count). The maximum atomic E-state index is 5.75. The fourth-order valence-corrected chi connectivity index (χ4v) is 2.48. The first kappa shape index (κ1) is 12.9. The van der Waals surface area contributed by atoms with Gasteiger partial charge >= 0.3 is 0 Å². The zero-order valence-electron chi connectivity index (χ0n) is 10.3. The third-order valence-corrected chi connectivity index (χ3v) is 4.15. The lowest BCUT2D eigenvalue weighted by Gasteiger charge is -2.11. The standard InChI is InChI=1S/C14H20BrNO/c1-11-10-13(6-7-14(11)15)17-9-3-5-12-4-2-8-16-12/h6-7,10,12,16H,2-5,8-9H2,1H3. The van der Waals surface area contributed by atoms with Crippen LogP contribution in [0.25, 0.3) is 0 Å². The van der Waals surface area contributed by atoms with Crippen LogP contribution in [0.15, 0.2) is 22.7 Å². The summed E-state index contributed by atoms with van der Waals surface area (Å²) < 4.78 is 6.89. The van der Waals surface area contributed by atoms with Crippen LogP contribution in [0.4, 0.5) is 0 Å². The van der Waals surface area contributed by atoms with Crippen LogP contribution in [0.5, 0.6) is 5.75 Å². The van der Waals surface area contributed by atoms with Gasteiger partial charge in [-0.05, 0) is 62.9 Å². The monoisotopic (exact) mass is 297 g/mol. The minimum absolute atomic E-state index is 0.727. The molecule has 2 nitrogen and oxygen atoms in total. The van der Waals surface area contributed by atoms with Gasteiger partial charge in [0.25, 0.3) is 0 Å². The molecular weight excluding hydrogens is 278 g/mol. The Morgan fingerprint density at radius 3 is 3.06 bits per heavy atom. The summed E-state index contributed by atoms with van der Waals surface area (Å²) in [5.41, 5.74) is 1.22. The van der Waals surface area contributed by atoms with E-state index in [-0.39, 0.29) is 0 Å². The van der Waals surface area contributed by atoms with Crippen molar-refractivity contribution in [3.05, 3.63) is 28.2 Å². The van der Waals surface area contributed by atoms with Gasteiger partial charge in [-0.3, -0.25) is 0 Å². The molecule has 0 spiro atoms. The number of aryl methyl sites for hydroxylation is 1. The highest BCUT2D eigenvalue weighted by atomic mass is 79.9. The van der Waals surface area contributed by atoms with Crippen LogP contribution in [0.3, 0.4) is 0 Å². The minimum atomic E-state index is 0.727. The molecule has 0 aliphatic carbocycles. The first-order valence-corrected chi connectivity index (χ1v) is 7.17. The Morgan fingerprint density at radius 2 is 2.35 bits per heavy atom. The van der Waals surface area contributed by atoms with Crippen LogP contribution < -0.4 is 10.1 Å². The second kappa shape index (κ2) is 6.41. The lowest BCUT2D eigenvalue weighted by molar-refractivity contribution is 0.298. The molecule has 1 saturated heterocycles. The van der Waals surface area contributed by atoms with E-state index >= 15 is 0 Å². The second-order valence-electron chi connectivity index (χ2n) is 4.69. The Kier molecular flexibility index (Phi) is 4.86. The number of rotatable bonds is 5. The van der Waals surface area contributed by atoms with Crippen LogP contribution in [0, 0.1) is 6.92 Å². The molecule has 1 unspecified atom stereocenters. The zero-order chi connectivity index (χ0) is 12.1. The summed E-state index contributed by atoms with van der Waals surface area (Å²) in [5.74, 6) is 0.977. The molecule has 1 atom stereocenters. The van der Waals surface area contributed by atoms with Gasteiger partial charge in [-0.1, -0.05) is 15.9 Å². The molecule has 1 aromatic carbocycles. The highest BCUT2D eigenvalue weighted by molar-refractivity contribution is 9.10. The molecule has 1 aromatic rings. The predicted octanol–water partition coefficient (Wildman–Crippen LogP) is 3.67. The number of ether oxygens (including phenoxy) is 1. The number of hydrogen-bond acceptors (Lipinski definition) is 2. The molecule has 1 aliphatic rings. The van der Waals surface area contributed by atoms with E-state index in [1.165, 1.54) is 31.4 Å². The van der Waals surface area contributed by atoms with Gasteiger partial charge < -0.3 is 10.1 Å².